The van der Waals surface area contributed by atoms with Crippen molar-refractivity contribution in [2.75, 3.05) is 18.6 Å². The highest BCUT2D eigenvalue weighted by Gasteiger charge is 2.17. The van der Waals surface area contributed by atoms with Gasteiger partial charge in [0, 0.05) is 18.4 Å². The lowest BCUT2D eigenvalue weighted by Gasteiger charge is -2.11. The summed E-state index contributed by atoms with van der Waals surface area (Å²) in [7, 11) is -7.11. The number of hydrogen-bond acceptors (Lipinski definition) is 5. The highest BCUT2D eigenvalue weighted by Crippen LogP contribution is 2.20. The highest BCUT2D eigenvalue weighted by atomic mass is 32.2. The molecule has 0 saturated carbocycles. The van der Waals surface area contributed by atoms with Gasteiger partial charge < -0.3 is 5.32 Å². The maximum atomic E-state index is 11.9. The molecule has 3 N–H and O–H groups in total. The van der Waals surface area contributed by atoms with Crippen LogP contribution in [0.4, 0.5) is 0 Å². The number of aryl methyl sites for hydroxylation is 1. The Hall–Kier alpha value is -1.45. The number of hydrogen-bond donors (Lipinski definition) is 2. The molecule has 21 heavy (non-hydrogen) atoms. The second-order valence-electron chi connectivity index (χ2n) is 4.85. The first kappa shape index (κ1) is 17.6. The Morgan fingerprint density at radius 3 is 2.24 bits per heavy atom. The van der Waals surface area contributed by atoms with Gasteiger partial charge in [0.05, 0.1) is 10.6 Å². The number of benzene rings is 1. The Labute approximate surface area is 124 Å². The predicted molar refractivity (Wildman–Crippen MR) is 79.3 cm³/mol. The summed E-state index contributed by atoms with van der Waals surface area (Å²) < 4.78 is 45.0. The molecule has 0 aliphatic rings. The van der Waals surface area contributed by atoms with Crippen LogP contribution in [0.1, 0.15) is 21.5 Å². The van der Waals surface area contributed by atoms with E-state index in [0.29, 0.717) is 11.1 Å². The van der Waals surface area contributed by atoms with E-state index < -0.39 is 25.8 Å². The third-order valence-corrected chi connectivity index (χ3v) is 4.93. The van der Waals surface area contributed by atoms with Gasteiger partial charge in [-0.15, -0.1) is 0 Å². The fourth-order valence-corrected chi connectivity index (χ4v) is 3.06. The largest absolute Gasteiger partial charge is 0.351 e. The number of sulfone groups is 1. The third-order valence-electron chi connectivity index (χ3n) is 2.95. The number of primary sulfonamides is 1. The van der Waals surface area contributed by atoms with E-state index in [4.69, 9.17) is 5.14 Å². The van der Waals surface area contributed by atoms with E-state index in [2.05, 4.69) is 5.32 Å². The molecule has 7 nitrogen and oxygen atoms in total. The van der Waals surface area contributed by atoms with E-state index in [1.165, 1.54) is 12.1 Å². The molecule has 0 aliphatic heterocycles. The molecule has 1 amide bonds. The van der Waals surface area contributed by atoms with Crippen molar-refractivity contribution in [1.82, 2.24) is 5.32 Å². The van der Waals surface area contributed by atoms with E-state index >= 15 is 0 Å². The van der Waals surface area contributed by atoms with Gasteiger partial charge in [-0.3, -0.25) is 4.79 Å². The number of nitrogens with two attached hydrogens (primary N) is 1. The van der Waals surface area contributed by atoms with Gasteiger partial charge in [-0.25, -0.2) is 22.0 Å². The first-order chi connectivity index (χ1) is 9.42. The second kappa shape index (κ2) is 6.12. The molecule has 0 bridgehead atoms. The van der Waals surface area contributed by atoms with Crippen molar-refractivity contribution in [3.05, 3.63) is 28.8 Å². The van der Waals surface area contributed by atoms with Crippen molar-refractivity contribution in [2.24, 2.45) is 5.14 Å². The monoisotopic (exact) mass is 334 g/mol. The van der Waals surface area contributed by atoms with Gasteiger partial charge in [0.25, 0.3) is 5.91 Å². The number of carbonyl (C=O) groups excluding carboxylic acids is 1. The molecule has 0 saturated heterocycles. The smallest absolute Gasteiger partial charge is 0.251 e. The summed E-state index contributed by atoms with van der Waals surface area (Å²) >= 11 is 0. The zero-order valence-electron chi connectivity index (χ0n) is 12.0. The van der Waals surface area contributed by atoms with Gasteiger partial charge in [0.15, 0.2) is 0 Å². The lowest BCUT2D eigenvalue weighted by atomic mass is 10.1. The summed E-state index contributed by atoms with van der Waals surface area (Å²) in [6.45, 7) is 3.22. The molecule has 0 atom stereocenters. The molecule has 118 valence electrons. The Kier molecular flexibility index (Phi) is 5.13. The average molecular weight is 334 g/mol. The van der Waals surface area contributed by atoms with Gasteiger partial charge in [0.2, 0.25) is 10.0 Å². The number of amides is 1. The van der Waals surface area contributed by atoms with Crippen LogP contribution in [-0.2, 0) is 19.9 Å². The molecule has 0 radical (unpaired) electrons. The summed E-state index contributed by atoms with van der Waals surface area (Å²) in [5.41, 5.74) is 1.20. The first-order valence-electron chi connectivity index (χ1n) is 6.02. The summed E-state index contributed by atoms with van der Waals surface area (Å²) in [4.78, 5) is 11.8. The minimum absolute atomic E-state index is 0.0463. The molecule has 0 heterocycles. The molecule has 0 aliphatic carbocycles. The van der Waals surface area contributed by atoms with Gasteiger partial charge in [-0.05, 0) is 37.1 Å². The van der Waals surface area contributed by atoms with Crippen LogP contribution < -0.4 is 10.5 Å². The van der Waals surface area contributed by atoms with Gasteiger partial charge in [0.1, 0.15) is 9.84 Å². The first-order valence-corrected chi connectivity index (χ1v) is 9.62. The predicted octanol–water partition coefficient (Wildman–Crippen LogP) is -0.275. The molecule has 0 unspecified atom stereocenters. The molecule has 0 fully saturated rings. The van der Waals surface area contributed by atoms with E-state index in [0.717, 1.165) is 6.26 Å². The number of sulfonamides is 1. The van der Waals surface area contributed by atoms with Gasteiger partial charge in [-0.1, -0.05) is 0 Å². The SMILES string of the molecule is Cc1cc(C(=O)NCCS(C)(=O)=O)cc(S(N)(=O)=O)c1C. The molecular weight excluding hydrogens is 316 g/mol. The van der Waals surface area contributed by atoms with Crippen molar-refractivity contribution >= 4 is 25.8 Å². The summed E-state index contributed by atoms with van der Waals surface area (Å²) in [6, 6.07) is 2.72. The van der Waals surface area contributed by atoms with Crippen molar-refractivity contribution in [3.8, 4) is 0 Å². The normalized spacial score (nSPS) is 12.2. The Bertz CT molecular complexity index is 767. The molecular formula is C12H18N2O5S2. The summed E-state index contributed by atoms with van der Waals surface area (Å²) in [5, 5.41) is 7.54. The van der Waals surface area contributed by atoms with Crippen molar-refractivity contribution in [2.45, 2.75) is 18.7 Å². The van der Waals surface area contributed by atoms with Crippen LogP contribution in [0.15, 0.2) is 17.0 Å². The van der Waals surface area contributed by atoms with Crippen LogP contribution >= 0.6 is 0 Å². The fraction of sp³-hybridized carbons (Fsp3) is 0.417. The topological polar surface area (TPSA) is 123 Å². The fourth-order valence-electron chi connectivity index (χ4n) is 1.71. The average Bonchev–Trinajstić information content (AvgIpc) is 2.29. The van der Waals surface area contributed by atoms with Crippen LogP contribution in [0, 0.1) is 13.8 Å². The van der Waals surface area contributed by atoms with E-state index in [1.54, 1.807) is 13.8 Å². The Morgan fingerprint density at radius 1 is 1.19 bits per heavy atom. The van der Waals surface area contributed by atoms with Crippen LogP contribution in [-0.4, -0.2) is 41.3 Å². The zero-order chi connectivity index (χ0) is 16.4. The van der Waals surface area contributed by atoms with Crippen molar-refractivity contribution < 1.29 is 21.6 Å². The molecule has 0 aromatic heterocycles. The van der Waals surface area contributed by atoms with Crippen LogP contribution in [0.5, 0.6) is 0 Å². The van der Waals surface area contributed by atoms with Gasteiger partial charge in [-0.2, -0.15) is 0 Å². The van der Waals surface area contributed by atoms with Gasteiger partial charge >= 0.3 is 0 Å². The van der Waals surface area contributed by atoms with Crippen molar-refractivity contribution in [3.63, 3.8) is 0 Å². The minimum Gasteiger partial charge on any atom is -0.351 e. The lowest BCUT2D eigenvalue weighted by molar-refractivity contribution is 0.0956. The standard InChI is InChI=1S/C12H18N2O5S2/c1-8-6-10(7-11(9(8)2)21(13,18)19)12(15)14-4-5-20(3,16)17/h6-7H,4-5H2,1-3H3,(H,14,15)(H2,13,18,19). The van der Waals surface area contributed by atoms with Crippen LogP contribution in [0.3, 0.4) is 0 Å². The second-order valence-corrected chi connectivity index (χ2v) is 8.64. The quantitative estimate of drug-likeness (QED) is 0.767. The number of rotatable bonds is 5. The van der Waals surface area contributed by atoms with Crippen molar-refractivity contribution in [1.29, 1.82) is 0 Å². The Morgan fingerprint density at radius 2 is 1.76 bits per heavy atom. The third kappa shape index (κ3) is 5.10. The Balaban J connectivity index is 3.04. The van der Waals surface area contributed by atoms with Crippen LogP contribution in [0.25, 0.3) is 0 Å². The highest BCUT2D eigenvalue weighted by molar-refractivity contribution is 7.90. The lowest BCUT2D eigenvalue weighted by Crippen LogP contribution is -2.29. The van der Waals surface area contributed by atoms with Crippen LogP contribution in [0.2, 0.25) is 0 Å². The molecule has 0 spiro atoms. The summed E-state index contributed by atoms with van der Waals surface area (Å²) in [5.74, 6) is -0.738. The number of nitrogens with one attached hydrogen (secondary N) is 1. The molecule has 1 aromatic rings. The molecule has 9 heteroatoms. The maximum absolute atomic E-state index is 11.9. The number of carbonyl (C=O) groups is 1. The minimum atomic E-state index is -3.93. The maximum Gasteiger partial charge on any atom is 0.251 e. The summed E-state index contributed by atoms with van der Waals surface area (Å²) in [6.07, 6.45) is 1.06. The molecule has 1 aromatic carbocycles. The van der Waals surface area contributed by atoms with E-state index in [9.17, 15) is 21.6 Å². The zero-order valence-corrected chi connectivity index (χ0v) is 13.6. The van der Waals surface area contributed by atoms with E-state index in [-0.39, 0.29) is 22.8 Å². The molecule has 1 rings (SSSR count). The van der Waals surface area contributed by atoms with E-state index in [1.807, 2.05) is 0 Å².